The van der Waals surface area contributed by atoms with Crippen LogP contribution >= 0.6 is 0 Å². The predicted octanol–water partition coefficient (Wildman–Crippen LogP) is 2.93. The molecule has 0 amide bonds. The van der Waals surface area contributed by atoms with Crippen molar-refractivity contribution in [3.63, 3.8) is 0 Å². The summed E-state index contributed by atoms with van der Waals surface area (Å²) in [6.07, 6.45) is 0. The molecule has 0 aromatic carbocycles. The van der Waals surface area contributed by atoms with Crippen LogP contribution in [-0.2, 0) is 12.0 Å². The average Bonchev–Trinajstić information content (AvgIpc) is 2.68. The topological polar surface area (TPSA) is 42.1 Å². The zero-order valence-corrected chi connectivity index (χ0v) is 12.9. The van der Waals surface area contributed by atoms with Crippen LogP contribution in [0.15, 0.2) is 12.1 Å². The van der Waals surface area contributed by atoms with Gasteiger partial charge in [0.15, 0.2) is 0 Å². The minimum Gasteiger partial charge on any atom is -0.356 e. The minimum atomic E-state index is 0.0664. The van der Waals surface area contributed by atoms with Crippen molar-refractivity contribution in [2.75, 3.05) is 18.0 Å². The number of hydrogen-bond acceptors (Lipinski definition) is 3. The zero-order valence-electron chi connectivity index (χ0n) is 12.9. The second-order valence-electron chi connectivity index (χ2n) is 7.03. The van der Waals surface area contributed by atoms with Gasteiger partial charge in [-0.25, -0.2) is 4.98 Å². The van der Waals surface area contributed by atoms with Crippen molar-refractivity contribution in [2.24, 2.45) is 17.6 Å². The zero-order chi connectivity index (χ0) is 14.2. The summed E-state index contributed by atoms with van der Waals surface area (Å²) in [6.45, 7) is 14.0. The standard InChI is InChI=1S/C16H27N3/c1-11-9-19(10-12(11)2)15-7-13(8-17)6-14(18-15)16(3,4)5/h6-7,11-12H,8-10,17H2,1-5H3. The molecule has 0 radical (unpaired) electrons. The molecule has 1 saturated heterocycles. The van der Waals surface area contributed by atoms with Crippen LogP contribution in [0.3, 0.4) is 0 Å². The lowest BCUT2D eigenvalue weighted by molar-refractivity contribution is 0.494. The monoisotopic (exact) mass is 261 g/mol. The van der Waals surface area contributed by atoms with Crippen molar-refractivity contribution < 1.29 is 0 Å². The second kappa shape index (κ2) is 5.12. The van der Waals surface area contributed by atoms with Gasteiger partial charge in [-0.15, -0.1) is 0 Å². The summed E-state index contributed by atoms with van der Waals surface area (Å²) in [5.41, 5.74) is 8.22. The number of pyridine rings is 1. The van der Waals surface area contributed by atoms with E-state index in [1.54, 1.807) is 0 Å². The Bertz CT molecular complexity index is 438. The second-order valence-corrected chi connectivity index (χ2v) is 7.03. The highest BCUT2D eigenvalue weighted by molar-refractivity contribution is 5.45. The lowest BCUT2D eigenvalue weighted by Crippen LogP contribution is -2.24. The van der Waals surface area contributed by atoms with Crippen LogP contribution in [0.2, 0.25) is 0 Å². The largest absolute Gasteiger partial charge is 0.356 e. The molecule has 1 fully saturated rings. The van der Waals surface area contributed by atoms with Crippen LogP contribution in [0.4, 0.5) is 5.82 Å². The Hall–Kier alpha value is -1.09. The molecule has 3 heteroatoms. The molecular formula is C16H27N3. The molecule has 106 valence electrons. The fraction of sp³-hybridized carbons (Fsp3) is 0.688. The van der Waals surface area contributed by atoms with E-state index < -0.39 is 0 Å². The quantitative estimate of drug-likeness (QED) is 0.890. The lowest BCUT2D eigenvalue weighted by Gasteiger charge is -2.24. The number of nitrogens with two attached hydrogens (primary N) is 1. The first kappa shape index (κ1) is 14.3. The first-order valence-corrected chi connectivity index (χ1v) is 7.27. The maximum atomic E-state index is 5.84. The Morgan fingerprint density at radius 1 is 1.21 bits per heavy atom. The summed E-state index contributed by atoms with van der Waals surface area (Å²) in [7, 11) is 0. The molecular weight excluding hydrogens is 234 g/mol. The van der Waals surface area contributed by atoms with Gasteiger partial charge in [0, 0.05) is 30.7 Å². The summed E-state index contributed by atoms with van der Waals surface area (Å²) < 4.78 is 0. The van der Waals surface area contributed by atoms with Crippen molar-refractivity contribution >= 4 is 5.82 Å². The van der Waals surface area contributed by atoms with Gasteiger partial charge in [-0.1, -0.05) is 34.6 Å². The fourth-order valence-corrected chi connectivity index (χ4v) is 2.55. The van der Waals surface area contributed by atoms with Crippen LogP contribution in [0, 0.1) is 11.8 Å². The average molecular weight is 261 g/mol. The molecule has 19 heavy (non-hydrogen) atoms. The van der Waals surface area contributed by atoms with Gasteiger partial charge >= 0.3 is 0 Å². The highest BCUT2D eigenvalue weighted by atomic mass is 15.2. The molecule has 1 aromatic heterocycles. The van der Waals surface area contributed by atoms with Crippen LogP contribution in [-0.4, -0.2) is 18.1 Å². The molecule has 2 unspecified atom stereocenters. The first-order valence-electron chi connectivity index (χ1n) is 7.27. The van der Waals surface area contributed by atoms with Crippen molar-refractivity contribution in [1.29, 1.82) is 0 Å². The summed E-state index contributed by atoms with van der Waals surface area (Å²) in [6, 6.07) is 4.30. The molecule has 0 aliphatic carbocycles. The number of anilines is 1. The van der Waals surface area contributed by atoms with Crippen molar-refractivity contribution in [1.82, 2.24) is 4.98 Å². The van der Waals surface area contributed by atoms with Crippen molar-refractivity contribution in [2.45, 2.75) is 46.6 Å². The van der Waals surface area contributed by atoms with E-state index in [9.17, 15) is 0 Å². The molecule has 1 aliphatic rings. The summed E-state index contributed by atoms with van der Waals surface area (Å²) in [4.78, 5) is 7.28. The van der Waals surface area contributed by atoms with E-state index in [0.717, 1.165) is 36.4 Å². The Morgan fingerprint density at radius 2 is 1.79 bits per heavy atom. The molecule has 2 rings (SSSR count). The maximum Gasteiger partial charge on any atom is 0.129 e. The Labute approximate surface area is 117 Å². The Kier molecular flexibility index (Phi) is 3.86. The van der Waals surface area contributed by atoms with Gasteiger partial charge in [-0.05, 0) is 29.5 Å². The van der Waals surface area contributed by atoms with E-state index in [1.807, 2.05) is 0 Å². The van der Waals surface area contributed by atoms with Crippen LogP contribution in [0.5, 0.6) is 0 Å². The summed E-state index contributed by atoms with van der Waals surface area (Å²) in [5.74, 6) is 2.58. The van der Waals surface area contributed by atoms with Crippen molar-refractivity contribution in [3.8, 4) is 0 Å². The van der Waals surface area contributed by atoms with Gasteiger partial charge in [-0.2, -0.15) is 0 Å². The number of hydrogen-bond donors (Lipinski definition) is 1. The van der Waals surface area contributed by atoms with Crippen molar-refractivity contribution in [3.05, 3.63) is 23.4 Å². The highest BCUT2D eigenvalue weighted by Crippen LogP contribution is 2.29. The van der Waals surface area contributed by atoms with Gasteiger partial charge in [0.05, 0.1) is 0 Å². The van der Waals surface area contributed by atoms with Gasteiger partial charge in [0.1, 0.15) is 5.82 Å². The van der Waals surface area contributed by atoms with E-state index >= 15 is 0 Å². The Balaban J connectivity index is 2.35. The van der Waals surface area contributed by atoms with E-state index in [0.29, 0.717) is 6.54 Å². The normalized spacial score (nSPS) is 24.0. The Morgan fingerprint density at radius 3 is 2.26 bits per heavy atom. The van der Waals surface area contributed by atoms with Crippen LogP contribution in [0.1, 0.15) is 45.9 Å². The predicted molar refractivity (Wildman–Crippen MR) is 81.4 cm³/mol. The fourth-order valence-electron chi connectivity index (χ4n) is 2.55. The van der Waals surface area contributed by atoms with E-state index in [2.05, 4.69) is 51.7 Å². The maximum absolute atomic E-state index is 5.84. The lowest BCUT2D eigenvalue weighted by atomic mass is 9.90. The molecule has 1 aliphatic heterocycles. The van der Waals surface area contributed by atoms with Crippen LogP contribution < -0.4 is 10.6 Å². The molecule has 0 saturated carbocycles. The van der Waals surface area contributed by atoms with E-state index in [1.165, 1.54) is 5.56 Å². The minimum absolute atomic E-state index is 0.0664. The van der Waals surface area contributed by atoms with Gasteiger partial charge in [0.2, 0.25) is 0 Å². The molecule has 3 nitrogen and oxygen atoms in total. The summed E-state index contributed by atoms with van der Waals surface area (Å²) in [5, 5.41) is 0. The van der Waals surface area contributed by atoms with Gasteiger partial charge in [-0.3, -0.25) is 0 Å². The first-order chi connectivity index (χ1) is 8.81. The third-order valence-corrected chi connectivity index (χ3v) is 4.19. The molecule has 2 atom stereocenters. The summed E-state index contributed by atoms with van der Waals surface area (Å²) >= 11 is 0. The van der Waals surface area contributed by atoms with Gasteiger partial charge in [0.25, 0.3) is 0 Å². The number of aromatic nitrogens is 1. The van der Waals surface area contributed by atoms with Gasteiger partial charge < -0.3 is 10.6 Å². The SMILES string of the molecule is CC1CN(c2cc(CN)cc(C(C)(C)C)n2)CC1C. The molecule has 2 N–H and O–H groups in total. The van der Waals surface area contributed by atoms with E-state index in [-0.39, 0.29) is 5.41 Å². The van der Waals surface area contributed by atoms with Crippen LogP contribution in [0.25, 0.3) is 0 Å². The highest BCUT2D eigenvalue weighted by Gasteiger charge is 2.28. The third-order valence-electron chi connectivity index (χ3n) is 4.19. The molecule has 2 heterocycles. The molecule has 0 bridgehead atoms. The third kappa shape index (κ3) is 3.08. The number of rotatable bonds is 2. The van der Waals surface area contributed by atoms with E-state index in [4.69, 9.17) is 10.7 Å². The molecule has 1 aromatic rings. The molecule has 0 spiro atoms. The number of nitrogens with zero attached hydrogens (tertiary/aromatic N) is 2. The smallest absolute Gasteiger partial charge is 0.129 e.